The van der Waals surface area contributed by atoms with Gasteiger partial charge in [-0.25, -0.2) is 0 Å². The number of halogens is 3. The minimum absolute atomic E-state index is 0.0123. The molecule has 0 aromatic carbocycles. The second-order valence-corrected chi connectivity index (χ2v) is 4.19. The first-order chi connectivity index (χ1) is 7.50. The van der Waals surface area contributed by atoms with Crippen molar-refractivity contribution >= 4 is 0 Å². The van der Waals surface area contributed by atoms with Crippen molar-refractivity contribution in [2.45, 2.75) is 43.9 Å². The standard InChI is InChI=1S/C10H19F3N2O/c11-10(12,13)9(7-14)15(5-2-6-16)8-3-1-4-8/h8-9,16H,1-7,14H2. The normalized spacial score (nSPS) is 19.9. The van der Waals surface area contributed by atoms with E-state index in [0.717, 1.165) is 19.3 Å². The van der Waals surface area contributed by atoms with Crippen LogP contribution in [0.1, 0.15) is 25.7 Å². The number of rotatable bonds is 6. The summed E-state index contributed by atoms with van der Waals surface area (Å²) in [5.41, 5.74) is 5.22. The van der Waals surface area contributed by atoms with Gasteiger partial charge in [-0.3, -0.25) is 4.90 Å². The molecule has 16 heavy (non-hydrogen) atoms. The van der Waals surface area contributed by atoms with Crippen LogP contribution in [0.5, 0.6) is 0 Å². The molecule has 1 saturated carbocycles. The van der Waals surface area contributed by atoms with Crippen molar-refractivity contribution in [3.05, 3.63) is 0 Å². The smallest absolute Gasteiger partial charge is 0.396 e. The van der Waals surface area contributed by atoms with E-state index >= 15 is 0 Å². The molecule has 1 aliphatic rings. The first-order valence-corrected chi connectivity index (χ1v) is 5.64. The Bertz CT molecular complexity index is 207. The van der Waals surface area contributed by atoms with Gasteiger partial charge in [0.15, 0.2) is 0 Å². The van der Waals surface area contributed by atoms with Crippen LogP contribution in [0.4, 0.5) is 13.2 Å². The second-order valence-electron chi connectivity index (χ2n) is 4.19. The second kappa shape index (κ2) is 5.84. The van der Waals surface area contributed by atoms with Crippen molar-refractivity contribution in [3.63, 3.8) is 0 Å². The molecule has 0 radical (unpaired) electrons. The van der Waals surface area contributed by atoms with E-state index in [-0.39, 0.29) is 19.2 Å². The first kappa shape index (κ1) is 13.7. The Morgan fingerprint density at radius 3 is 2.31 bits per heavy atom. The van der Waals surface area contributed by atoms with E-state index in [0.29, 0.717) is 6.42 Å². The van der Waals surface area contributed by atoms with Gasteiger partial charge >= 0.3 is 6.18 Å². The van der Waals surface area contributed by atoms with Gasteiger partial charge in [-0.1, -0.05) is 6.42 Å². The maximum atomic E-state index is 12.7. The number of nitrogens with two attached hydrogens (primary N) is 1. The third-order valence-electron chi connectivity index (χ3n) is 3.12. The fourth-order valence-electron chi connectivity index (χ4n) is 2.02. The molecule has 0 aliphatic heterocycles. The molecule has 3 N–H and O–H groups in total. The van der Waals surface area contributed by atoms with Crippen LogP contribution >= 0.6 is 0 Å². The third kappa shape index (κ3) is 3.33. The zero-order valence-corrected chi connectivity index (χ0v) is 9.21. The fourth-order valence-corrected chi connectivity index (χ4v) is 2.02. The van der Waals surface area contributed by atoms with Crippen LogP contribution < -0.4 is 5.73 Å². The molecule has 0 saturated heterocycles. The number of hydrogen-bond acceptors (Lipinski definition) is 3. The van der Waals surface area contributed by atoms with Crippen molar-refractivity contribution < 1.29 is 18.3 Å². The van der Waals surface area contributed by atoms with E-state index in [4.69, 9.17) is 10.8 Å². The Kier molecular flexibility index (Phi) is 5.01. The number of aliphatic hydroxyl groups is 1. The van der Waals surface area contributed by atoms with E-state index in [9.17, 15) is 13.2 Å². The van der Waals surface area contributed by atoms with Gasteiger partial charge in [-0.15, -0.1) is 0 Å². The Balaban J connectivity index is 2.64. The molecule has 3 nitrogen and oxygen atoms in total. The summed E-state index contributed by atoms with van der Waals surface area (Å²) in [5.74, 6) is 0. The van der Waals surface area contributed by atoms with Crippen molar-refractivity contribution in [1.29, 1.82) is 0 Å². The van der Waals surface area contributed by atoms with Gasteiger partial charge in [0.2, 0.25) is 0 Å². The highest BCUT2D eigenvalue weighted by Gasteiger charge is 2.45. The van der Waals surface area contributed by atoms with Crippen molar-refractivity contribution in [1.82, 2.24) is 4.90 Å². The molecule has 96 valence electrons. The lowest BCUT2D eigenvalue weighted by Gasteiger charge is -2.42. The summed E-state index contributed by atoms with van der Waals surface area (Å²) in [6.07, 6.45) is -1.33. The van der Waals surface area contributed by atoms with Crippen molar-refractivity contribution in [2.24, 2.45) is 5.73 Å². The zero-order chi connectivity index (χ0) is 12.2. The molecule has 6 heteroatoms. The SMILES string of the molecule is NCC(N(CCCO)C1CCC1)C(F)(F)F. The van der Waals surface area contributed by atoms with Gasteiger partial charge in [-0.05, 0) is 19.3 Å². The molecular formula is C10H19F3N2O. The molecule has 0 amide bonds. The Morgan fingerprint density at radius 2 is 2.00 bits per heavy atom. The van der Waals surface area contributed by atoms with Crippen LogP contribution in [0.15, 0.2) is 0 Å². The molecule has 0 bridgehead atoms. The van der Waals surface area contributed by atoms with Crippen molar-refractivity contribution in [2.75, 3.05) is 19.7 Å². The molecule has 1 unspecified atom stereocenters. The molecule has 0 aromatic heterocycles. The minimum Gasteiger partial charge on any atom is -0.396 e. The maximum Gasteiger partial charge on any atom is 0.405 e. The van der Waals surface area contributed by atoms with Gasteiger partial charge in [0.1, 0.15) is 6.04 Å². The van der Waals surface area contributed by atoms with Gasteiger partial charge in [0, 0.05) is 25.7 Å². The highest BCUT2D eigenvalue weighted by molar-refractivity contribution is 4.88. The number of alkyl halides is 3. The van der Waals surface area contributed by atoms with E-state index in [1.54, 1.807) is 0 Å². The molecule has 1 fully saturated rings. The molecular weight excluding hydrogens is 221 g/mol. The van der Waals surface area contributed by atoms with Crippen LogP contribution in [-0.4, -0.2) is 48.0 Å². The Morgan fingerprint density at radius 1 is 1.38 bits per heavy atom. The average Bonchev–Trinajstić information content (AvgIpc) is 2.09. The highest BCUT2D eigenvalue weighted by Crippen LogP contribution is 2.32. The van der Waals surface area contributed by atoms with Gasteiger partial charge in [-0.2, -0.15) is 13.2 Å². The first-order valence-electron chi connectivity index (χ1n) is 5.64. The third-order valence-corrected chi connectivity index (χ3v) is 3.12. The molecule has 0 aromatic rings. The van der Waals surface area contributed by atoms with Crippen LogP contribution in [0.3, 0.4) is 0 Å². The average molecular weight is 240 g/mol. The predicted molar refractivity (Wildman–Crippen MR) is 54.9 cm³/mol. The van der Waals surface area contributed by atoms with E-state index in [2.05, 4.69) is 0 Å². The minimum atomic E-state index is -4.28. The molecule has 1 atom stereocenters. The molecule has 0 heterocycles. The predicted octanol–water partition coefficient (Wildman–Crippen LogP) is 1.11. The van der Waals surface area contributed by atoms with Gasteiger partial charge < -0.3 is 10.8 Å². The maximum absolute atomic E-state index is 12.7. The summed E-state index contributed by atoms with van der Waals surface area (Å²) in [6, 6.07) is -1.58. The lowest BCUT2D eigenvalue weighted by atomic mass is 9.90. The largest absolute Gasteiger partial charge is 0.405 e. The summed E-state index contributed by atoms with van der Waals surface area (Å²) < 4.78 is 38.2. The van der Waals surface area contributed by atoms with Crippen LogP contribution in [0, 0.1) is 0 Å². The Hall–Kier alpha value is -0.330. The van der Waals surface area contributed by atoms with E-state index < -0.39 is 18.8 Å². The highest BCUT2D eigenvalue weighted by atomic mass is 19.4. The monoisotopic (exact) mass is 240 g/mol. The van der Waals surface area contributed by atoms with Crippen LogP contribution in [0.2, 0.25) is 0 Å². The lowest BCUT2D eigenvalue weighted by molar-refractivity contribution is -0.191. The Labute approximate surface area is 93.4 Å². The van der Waals surface area contributed by atoms with Gasteiger partial charge in [0.05, 0.1) is 0 Å². The van der Waals surface area contributed by atoms with Crippen LogP contribution in [0.25, 0.3) is 0 Å². The molecule has 1 rings (SSSR count). The number of aliphatic hydroxyl groups excluding tert-OH is 1. The lowest BCUT2D eigenvalue weighted by Crippen LogP contribution is -2.56. The summed E-state index contributed by atoms with van der Waals surface area (Å²) in [7, 11) is 0. The summed E-state index contributed by atoms with van der Waals surface area (Å²) >= 11 is 0. The quantitative estimate of drug-likeness (QED) is 0.731. The summed E-state index contributed by atoms with van der Waals surface area (Å²) in [6.45, 7) is -0.230. The molecule has 0 spiro atoms. The summed E-state index contributed by atoms with van der Waals surface area (Å²) in [5, 5.41) is 8.71. The van der Waals surface area contributed by atoms with Crippen molar-refractivity contribution in [3.8, 4) is 0 Å². The van der Waals surface area contributed by atoms with Gasteiger partial charge in [0.25, 0.3) is 0 Å². The van der Waals surface area contributed by atoms with Crippen LogP contribution in [-0.2, 0) is 0 Å². The van der Waals surface area contributed by atoms with E-state index in [1.165, 1.54) is 4.90 Å². The number of nitrogens with zero attached hydrogens (tertiary/aromatic N) is 1. The number of hydrogen-bond donors (Lipinski definition) is 2. The van der Waals surface area contributed by atoms with E-state index in [1.807, 2.05) is 0 Å². The zero-order valence-electron chi connectivity index (χ0n) is 9.21. The topological polar surface area (TPSA) is 49.5 Å². The molecule has 1 aliphatic carbocycles. The summed E-state index contributed by atoms with van der Waals surface area (Å²) in [4.78, 5) is 1.42. The fraction of sp³-hybridized carbons (Fsp3) is 1.00.